The first kappa shape index (κ1) is 76.7. The minimum absolute atomic E-state index is 0.00579. The molecule has 22 nitrogen and oxygen atoms in total. The largest absolute Gasteiger partial charge is 0.384 e. The van der Waals surface area contributed by atoms with E-state index in [1.54, 1.807) is 125 Å². The number of hydrogen-bond acceptors (Lipinski definition) is 22. The summed E-state index contributed by atoms with van der Waals surface area (Å²) >= 11 is 21.4. The lowest BCUT2D eigenvalue weighted by molar-refractivity contribution is 0.0477. The van der Waals surface area contributed by atoms with Crippen LogP contribution in [0.5, 0.6) is 0 Å². The summed E-state index contributed by atoms with van der Waals surface area (Å²) < 4.78 is 8.75. The third kappa shape index (κ3) is 19.6. The molecule has 0 radical (unpaired) electrons. The number of ether oxygens (including phenoxy) is 1. The molecule has 6 aliphatic rings. The average molecular weight is 1780 g/mol. The second-order valence-corrected chi connectivity index (χ2v) is 31.0. The molecular formula is C76H60Br4N14O8S5. The Kier molecular flexibility index (Phi) is 26.2. The van der Waals surface area contributed by atoms with Gasteiger partial charge in [-0.25, -0.2) is 29.9 Å². The Bertz CT molecular complexity index is 5070. The molecule has 8 aromatic heterocycles. The van der Waals surface area contributed by atoms with E-state index in [1.807, 2.05) is 117 Å². The SMILES string of the molecule is Brc1ccsc1.C1CCOC1.Nc1ccncn1.O=C1NC(=O)c2cc(Br)ccc21.O=C1NC(O)(c2ccsc2)c2cc(Br)ccc21.O=C1NC(c2ccsc2)c2cc(Br)ccc21.O=C1NC(c2ccsc2)c2cc(Nc3ccncn3)ccc21.O=C1NC(c2ccsc2)c2cc(Nc3ccncn3)ccc21. The van der Waals surface area contributed by atoms with Crippen LogP contribution in [0.1, 0.15) is 138 Å². The van der Waals surface area contributed by atoms with E-state index in [0.29, 0.717) is 33.6 Å². The molecule has 0 spiro atoms. The monoisotopic (exact) mass is 1770 g/mol. The molecule has 10 N–H and O–H groups in total. The van der Waals surface area contributed by atoms with E-state index in [4.69, 9.17) is 10.5 Å². The van der Waals surface area contributed by atoms with Gasteiger partial charge in [-0.3, -0.25) is 34.1 Å². The number of aromatic nitrogens is 6. The van der Waals surface area contributed by atoms with Crippen molar-refractivity contribution in [1.29, 1.82) is 0 Å². The Hall–Kier alpha value is -9.90. The number of hydrogen-bond donors (Lipinski definition) is 9. The van der Waals surface area contributed by atoms with Crippen LogP contribution in [0.25, 0.3) is 0 Å². The zero-order valence-corrected chi connectivity index (χ0v) is 66.1. The van der Waals surface area contributed by atoms with Crippen molar-refractivity contribution in [2.45, 2.75) is 36.7 Å². The van der Waals surface area contributed by atoms with E-state index < -0.39 is 5.72 Å². The summed E-state index contributed by atoms with van der Waals surface area (Å²) in [4.78, 5) is 93.3. The van der Waals surface area contributed by atoms with Crippen LogP contribution in [0.15, 0.2) is 249 Å². The number of nitrogen functional groups attached to an aromatic ring is 1. The first-order valence-corrected chi connectivity index (χ1v) is 40.3. The van der Waals surface area contributed by atoms with Crippen molar-refractivity contribution < 1.29 is 38.6 Å². The number of rotatable bonds is 8. The number of nitrogens with two attached hydrogens (primary N) is 1. The molecule has 540 valence electrons. The second kappa shape index (κ2) is 36.6. The number of nitrogens with one attached hydrogen (secondary N) is 7. The molecular weight excluding hydrogens is 1720 g/mol. The molecule has 4 atom stereocenters. The van der Waals surface area contributed by atoms with Gasteiger partial charge in [-0.1, -0.05) is 47.8 Å². The number of carbonyl (C=O) groups is 6. The van der Waals surface area contributed by atoms with Gasteiger partial charge in [0.15, 0.2) is 5.72 Å². The van der Waals surface area contributed by atoms with Crippen LogP contribution in [0.4, 0.5) is 28.8 Å². The Balaban J connectivity index is 0.000000119. The molecule has 6 aliphatic heterocycles. The first-order valence-electron chi connectivity index (χ1n) is 32.4. The highest BCUT2D eigenvalue weighted by Crippen LogP contribution is 2.40. The molecule has 0 aliphatic carbocycles. The normalized spacial score (nSPS) is 16.7. The Morgan fingerprint density at radius 1 is 0.430 bits per heavy atom. The van der Waals surface area contributed by atoms with Gasteiger partial charge >= 0.3 is 0 Å². The molecule has 0 saturated carbocycles. The van der Waals surface area contributed by atoms with E-state index in [-0.39, 0.29) is 53.6 Å². The van der Waals surface area contributed by atoms with Gasteiger partial charge in [0.05, 0.1) is 29.3 Å². The van der Waals surface area contributed by atoms with Crippen LogP contribution in [0.3, 0.4) is 0 Å². The molecule has 107 heavy (non-hydrogen) atoms. The van der Waals surface area contributed by atoms with Crippen LogP contribution < -0.4 is 43.0 Å². The minimum atomic E-state index is -1.41. The fourth-order valence-corrected chi connectivity index (χ4v) is 16.4. The van der Waals surface area contributed by atoms with Crippen LogP contribution in [-0.2, 0) is 10.5 Å². The smallest absolute Gasteiger partial charge is 0.258 e. The summed E-state index contributed by atoms with van der Waals surface area (Å²) in [6, 6.07) is 42.5. The zero-order valence-electron chi connectivity index (χ0n) is 55.7. The fourth-order valence-electron chi connectivity index (χ4n) is 11.4. The number of amides is 6. The summed E-state index contributed by atoms with van der Waals surface area (Å²) in [6.45, 7) is 2.00. The number of carbonyl (C=O) groups excluding carboxylic acids is 6. The van der Waals surface area contributed by atoms with E-state index in [2.05, 4.69) is 147 Å². The van der Waals surface area contributed by atoms with Gasteiger partial charge in [0, 0.05) is 99.8 Å². The predicted molar refractivity (Wildman–Crippen MR) is 432 cm³/mol. The van der Waals surface area contributed by atoms with Crippen LogP contribution in [0, 0.1) is 0 Å². The van der Waals surface area contributed by atoms with Crippen molar-refractivity contribution in [2.24, 2.45) is 0 Å². The van der Waals surface area contributed by atoms with Crippen LogP contribution >= 0.6 is 120 Å². The van der Waals surface area contributed by atoms with Crippen molar-refractivity contribution >= 4 is 185 Å². The highest BCUT2D eigenvalue weighted by atomic mass is 79.9. The number of benzene rings is 5. The summed E-state index contributed by atoms with van der Waals surface area (Å²) in [5.41, 5.74) is 16.9. The number of halogens is 4. The van der Waals surface area contributed by atoms with Gasteiger partial charge in [-0.15, -0.1) is 0 Å². The number of aliphatic hydroxyl groups is 1. The summed E-state index contributed by atoms with van der Waals surface area (Å²) in [5, 5.41) is 51.0. The number of fused-ring (bicyclic) bond motifs is 5. The minimum Gasteiger partial charge on any atom is -0.384 e. The predicted octanol–water partition coefficient (Wildman–Crippen LogP) is 16.7. The van der Waals surface area contributed by atoms with E-state index >= 15 is 0 Å². The van der Waals surface area contributed by atoms with Gasteiger partial charge < -0.3 is 47.5 Å². The molecule has 0 bridgehead atoms. The van der Waals surface area contributed by atoms with Crippen molar-refractivity contribution in [3.63, 3.8) is 0 Å². The third-order valence-corrected chi connectivity index (χ3v) is 22.2. The Morgan fingerprint density at radius 2 is 0.869 bits per heavy atom. The first-order chi connectivity index (χ1) is 52.0. The lowest BCUT2D eigenvalue weighted by atomic mass is 9.97. The van der Waals surface area contributed by atoms with Gasteiger partial charge in [0.2, 0.25) is 0 Å². The quantitative estimate of drug-likeness (QED) is 0.0638. The maximum Gasteiger partial charge on any atom is 0.258 e. The van der Waals surface area contributed by atoms with Crippen molar-refractivity contribution in [1.82, 2.24) is 56.5 Å². The van der Waals surface area contributed by atoms with E-state index in [1.165, 1.54) is 47.6 Å². The summed E-state index contributed by atoms with van der Waals surface area (Å²) in [7, 11) is 0. The molecule has 4 unspecified atom stereocenters. The number of imide groups is 1. The number of thiophene rings is 5. The number of nitrogens with zero attached hydrogens (tertiary/aromatic N) is 6. The van der Waals surface area contributed by atoms with Crippen molar-refractivity contribution in [2.75, 3.05) is 29.6 Å². The van der Waals surface area contributed by atoms with Gasteiger partial charge in [-0.2, -0.15) is 56.7 Å². The Morgan fingerprint density at radius 3 is 1.28 bits per heavy atom. The highest BCUT2D eigenvalue weighted by Gasteiger charge is 2.43. The molecule has 31 heteroatoms. The van der Waals surface area contributed by atoms with Crippen molar-refractivity contribution in [3.05, 3.63) is 327 Å². The maximum absolute atomic E-state index is 12.1. The molecule has 14 heterocycles. The molecule has 19 rings (SSSR count). The van der Waals surface area contributed by atoms with Gasteiger partial charge in [0.1, 0.15) is 36.4 Å². The molecule has 1 fully saturated rings. The van der Waals surface area contributed by atoms with Gasteiger partial charge in [-0.05, 0) is 250 Å². The maximum atomic E-state index is 12.1. The van der Waals surface area contributed by atoms with E-state index in [9.17, 15) is 33.9 Å². The highest BCUT2D eigenvalue weighted by molar-refractivity contribution is 9.11. The summed E-state index contributed by atoms with van der Waals surface area (Å²) in [6.07, 6.45) is 11.9. The zero-order chi connectivity index (χ0) is 74.8. The molecule has 5 aromatic carbocycles. The fraction of sp³-hybridized carbons (Fsp3) is 0.105. The van der Waals surface area contributed by atoms with Crippen LogP contribution in [-0.4, -0.2) is 83.7 Å². The standard InChI is InChI=1S/2C16H12N4OS.C12H8BrNO2S.C12H8BrNOS.C8H4BrNO2.C4H3BrS.C4H5N3.C4H8O/c2*21-16-12-2-1-11(19-14-3-5-17-9-18-14)7-13(12)15(20-16)10-4-6-22-8-10;13-8-1-2-9-10(5-8)12(16,14-11(9)15)7-3-4-17-6-7;13-8-1-2-9-10(5-8)11(14-12(9)15)7-3-4-16-6-7;9-4-1-2-5-6(3-4)8(12)10-7(5)11;5-4-1-2-6-3-4;5-4-1-2-6-3-7-4;1-2-4-5-3-1/h2*1-9,15H,(H,20,21)(H,17,18,19);1-6,16H,(H,14,15);1-6,11H,(H,14,15);1-3H,(H,10,11,12);1-3H;1-3H,(H2,5,6,7);1-4H2. The van der Waals surface area contributed by atoms with Gasteiger partial charge in [0.25, 0.3) is 35.4 Å². The molecule has 6 amide bonds. The third-order valence-electron chi connectivity index (χ3n) is 16.4. The molecule has 1 saturated heterocycles. The lowest BCUT2D eigenvalue weighted by Crippen LogP contribution is -2.39. The second-order valence-electron chi connectivity index (χ2n) is 23.4. The number of anilines is 5. The topological polar surface area (TPSA) is 319 Å². The van der Waals surface area contributed by atoms with Crippen LogP contribution in [0.2, 0.25) is 0 Å². The van der Waals surface area contributed by atoms with Crippen molar-refractivity contribution in [3.8, 4) is 0 Å². The Labute approximate surface area is 666 Å². The van der Waals surface area contributed by atoms with E-state index in [0.717, 1.165) is 99.7 Å². The molecule has 13 aromatic rings. The average Bonchev–Trinajstić information content (AvgIpc) is 1.61. The lowest BCUT2D eigenvalue weighted by Gasteiger charge is -2.23. The summed E-state index contributed by atoms with van der Waals surface area (Å²) in [5.74, 6) is 1.02.